The first kappa shape index (κ1) is 13.0. The molecule has 3 fully saturated rings. The van der Waals surface area contributed by atoms with Gasteiger partial charge >= 0.3 is 5.97 Å². The van der Waals surface area contributed by atoms with E-state index in [4.69, 9.17) is 14.2 Å². The smallest absolute Gasteiger partial charge is 0.345 e. The van der Waals surface area contributed by atoms with Crippen molar-refractivity contribution < 1.29 is 29.2 Å². The number of rotatable bonds is 2. The van der Waals surface area contributed by atoms with Gasteiger partial charge in [0.05, 0.1) is 6.61 Å². The Balaban J connectivity index is 2.02. The Morgan fingerprint density at radius 2 is 2.22 bits per heavy atom. The van der Waals surface area contributed by atoms with Crippen molar-refractivity contribution >= 4 is 27.6 Å². The molecule has 0 aromatic rings. The van der Waals surface area contributed by atoms with Crippen LogP contribution in [0.25, 0.3) is 0 Å². The van der Waals surface area contributed by atoms with Gasteiger partial charge in [-0.1, -0.05) is 28.5 Å². The summed E-state index contributed by atoms with van der Waals surface area (Å²) >= 11 is 0. The van der Waals surface area contributed by atoms with E-state index in [9.17, 15) is 15.0 Å². The second kappa shape index (κ2) is 4.00. The molecule has 0 aromatic carbocycles. The molecule has 0 saturated carbocycles. The van der Waals surface area contributed by atoms with Crippen molar-refractivity contribution in [2.45, 2.75) is 36.0 Å². The molecule has 0 bridgehead atoms. The number of carbonyl (C=O) groups is 1. The van der Waals surface area contributed by atoms with E-state index in [-0.39, 0.29) is 12.0 Å². The fraction of sp³-hybridized carbons (Fsp3) is 0.900. The van der Waals surface area contributed by atoms with Crippen LogP contribution < -0.4 is 0 Å². The van der Waals surface area contributed by atoms with Crippen LogP contribution in [0.5, 0.6) is 0 Å². The lowest BCUT2D eigenvalue weighted by atomic mass is 9.84. The third-order valence-electron chi connectivity index (χ3n) is 3.82. The molecule has 2 N–H and O–H groups in total. The molecule has 8 heteroatoms. The summed E-state index contributed by atoms with van der Waals surface area (Å²) in [6.45, 7) is 1.71. The largest absolute Gasteiger partial charge is 0.451 e. The Morgan fingerprint density at radius 3 is 2.89 bits per heavy atom. The minimum Gasteiger partial charge on any atom is -0.451 e. The lowest BCUT2D eigenvalue weighted by Gasteiger charge is -2.29. The fourth-order valence-corrected chi connectivity index (χ4v) is 4.75. The molecule has 0 unspecified atom stereocenters. The van der Waals surface area contributed by atoms with Crippen LogP contribution in [0.2, 0.25) is 0 Å². The lowest BCUT2D eigenvalue weighted by molar-refractivity contribution is -0.252. The average molecular weight is 294 g/mol. The van der Waals surface area contributed by atoms with E-state index in [0.717, 1.165) is 0 Å². The summed E-state index contributed by atoms with van der Waals surface area (Å²) in [5, 5.41) is 20.5. The monoisotopic (exact) mass is 294 g/mol. The van der Waals surface area contributed by atoms with E-state index >= 15 is 0 Å². The maximum Gasteiger partial charge on any atom is 0.345 e. The van der Waals surface area contributed by atoms with Gasteiger partial charge in [-0.25, -0.2) is 4.79 Å². The minimum absolute atomic E-state index is 0.0103. The van der Waals surface area contributed by atoms with Crippen LogP contribution in [0.15, 0.2) is 0 Å². The summed E-state index contributed by atoms with van der Waals surface area (Å²) in [4.78, 5) is 11.9. The maximum atomic E-state index is 11.9. The normalized spacial score (nSPS) is 54.3. The zero-order valence-electron chi connectivity index (χ0n) is 9.86. The van der Waals surface area contributed by atoms with Crippen LogP contribution >= 0.6 is 21.6 Å². The molecule has 0 aliphatic carbocycles. The molecule has 3 heterocycles. The third-order valence-corrected chi connectivity index (χ3v) is 5.85. The first-order chi connectivity index (χ1) is 8.47. The molecule has 3 rings (SSSR count). The van der Waals surface area contributed by atoms with Gasteiger partial charge in [-0.05, 0) is 6.26 Å². The van der Waals surface area contributed by atoms with Crippen LogP contribution in [0.4, 0.5) is 0 Å². The van der Waals surface area contributed by atoms with Gasteiger partial charge < -0.3 is 24.4 Å². The van der Waals surface area contributed by atoms with Crippen molar-refractivity contribution in [3.63, 3.8) is 0 Å². The molecule has 3 saturated heterocycles. The molecule has 3 aliphatic rings. The van der Waals surface area contributed by atoms with Crippen LogP contribution in [-0.2, 0) is 19.0 Å². The molecule has 102 valence electrons. The van der Waals surface area contributed by atoms with Crippen molar-refractivity contribution in [1.82, 2.24) is 0 Å². The van der Waals surface area contributed by atoms with E-state index in [1.54, 1.807) is 6.92 Å². The summed E-state index contributed by atoms with van der Waals surface area (Å²) in [7, 11) is 2.90. The van der Waals surface area contributed by atoms with E-state index in [1.807, 2.05) is 6.26 Å². The van der Waals surface area contributed by atoms with Gasteiger partial charge in [0.25, 0.3) is 5.79 Å². The number of aliphatic hydroxyl groups excluding tert-OH is 1. The highest BCUT2D eigenvalue weighted by molar-refractivity contribution is 8.76. The zero-order valence-corrected chi connectivity index (χ0v) is 11.5. The van der Waals surface area contributed by atoms with Crippen LogP contribution in [-0.4, -0.2) is 58.1 Å². The summed E-state index contributed by atoms with van der Waals surface area (Å²) in [6, 6.07) is 0. The predicted molar refractivity (Wildman–Crippen MR) is 64.7 cm³/mol. The highest BCUT2D eigenvalue weighted by Gasteiger charge is 2.81. The summed E-state index contributed by atoms with van der Waals surface area (Å²) < 4.78 is 16.2. The Kier molecular flexibility index (Phi) is 2.89. The number of hydrogen-bond donors (Lipinski definition) is 2. The second-order valence-electron chi connectivity index (χ2n) is 4.68. The molecule has 0 aromatic heterocycles. The Hall–Kier alpha value is 0.01000. The molecule has 6 nitrogen and oxygen atoms in total. The first-order valence-corrected chi connectivity index (χ1v) is 8.22. The van der Waals surface area contributed by atoms with Gasteiger partial charge in [0.15, 0.2) is 6.10 Å². The van der Waals surface area contributed by atoms with Gasteiger partial charge in [0, 0.05) is 5.92 Å². The van der Waals surface area contributed by atoms with Crippen LogP contribution in [0.3, 0.4) is 0 Å². The number of ether oxygens (including phenoxy) is 3. The predicted octanol–water partition coefficient (Wildman–Crippen LogP) is -0.266. The van der Waals surface area contributed by atoms with E-state index in [0.29, 0.717) is 0 Å². The first-order valence-electron chi connectivity index (χ1n) is 5.60. The number of carbonyl (C=O) groups excluding carboxylic acids is 1. The molecule has 3 aliphatic heterocycles. The van der Waals surface area contributed by atoms with Crippen molar-refractivity contribution in [3.8, 4) is 0 Å². The zero-order chi connectivity index (χ0) is 13.1. The molecular weight excluding hydrogens is 280 g/mol. The lowest BCUT2D eigenvalue weighted by Crippen LogP contribution is -2.57. The summed E-state index contributed by atoms with van der Waals surface area (Å²) in [5.41, 5.74) is -2.23. The Labute approximate surface area is 112 Å². The van der Waals surface area contributed by atoms with E-state index in [1.165, 1.54) is 21.6 Å². The summed E-state index contributed by atoms with van der Waals surface area (Å²) in [5.74, 6) is -2.81. The van der Waals surface area contributed by atoms with Gasteiger partial charge in [-0.15, -0.1) is 0 Å². The molecule has 0 radical (unpaired) electrons. The van der Waals surface area contributed by atoms with Crippen molar-refractivity contribution in [3.05, 3.63) is 0 Å². The number of esters is 1. The van der Waals surface area contributed by atoms with Gasteiger partial charge in [0.1, 0.15) is 11.5 Å². The second-order valence-corrected chi connectivity index (χ2v) is 7.24. The molecular formula is C10H14O6S2. The molecule has 0 amide bonds. The van der Waals surface area contributed by atoms with E-state index in [2.05, 4.69) is 0 Å². The van der Waals surface area contributed by atoms with Gasteiger partial charge in [0.2, 0.25) is 5.60 Å². The highest BCUT2D eigenvalue weighted by Crippen LogP contribution is 2.58. The number of hydrogen-bond acceptors (Lipinski definition) is 8. The number of aliphatic hydroxyl groups is 2. The quantitative estimate of drug-likeness (QED) is 0.532. The van der Waals surface area contributed by atoms with Crippen LogP contribution in [0.1, 0.15) is 6.92 Å². The molecule has 18 heavy (non-hydrogen) atoms. The molecule has 1 spiro atoms. The standard InChI is InChI=1S/C10H14O6S2/c1-4-7(18-17-2)16-10-6(5(11)3-14-10)15-8(12)9(4,10)13/h4-7,11,13H,3H2,1-2H3/t4-,5-,6+,7+,9+,10+/m0/s1. The Morgan fingerprint density at radius 1 is 1.50 bits per heavy atom. The third kappa shape index (κ3) is 1.28. The Bertz CT molecular complexity index is 393. The van der Waals surface area contributed by atoms with Gasteiger partial charge in [-0.2, -0.15) is 0 Å². The van der Waals surface area contributed by atoms with Crippen LogP contribution in [0, 0.1) is 5.92 Å². The maximum absolute atomic E-state index is 11.9. The fourth-order valence-electron chi connectivity index (χ4n) is 2.83. The topological polar surface area (TPSA) is 85.2 Å². The van der Waals surface area contributed by atoms with Crippen molar-refractivity contribution in [2.24, 2.45) is 5.92 Å². The van der Waals surface area contributed by atoms with Crippen molar-refractivity contribution in [2.75, 3.05) is 12.9 Å². The molecule has 6 atom stereocenters. The average Bonchev–Trinajstić information content (AvgIpc) is 2.83. The van der Waals surface area contributed by atoms with E-state index < -0.39 is 35.5 Å². The summed E-state index contributed by atoms with van der Waals surface area (Å²) in [6.07, 6.45) is -0.0328. The van der Waals surface area contributed by atoms with Gasteiger partial charge in [-0.3, -0.25) is 0 Å². The highest BCUT2D eigenvalue weighted by atomic mass is 33.1. The SMILES string of the molecule is CSS[C@H]1O[C@]23OC[C@H](O)[C@H]2OC(=O)[C@]3(O)[C@H]1C. The van der Waals surface area contributed by atoms with Crippen molar-refractivity contribution in [1.29, 1.82) is 0 Å². The minimum atomic E-state index is -1.84.